The molecule has 0 radical (unpaired) electrons. The van der Waals surface area contributed by atoms with Gasteiger partial charge in [0.2, 0.25) is 0 Å². The first-order chi connectivity index (χ1) is 38.1. The molecule has 0 amide bonds. The number of hydrogen-bond donors (Lipinski definition) is 0. The summed E-state index contributed by atoms with van der Waals surface area (Å²) < 4.78 is 0. The van der Waals surface area contributed by atoms with Gasteiger partial charge in [0.15, 0.2) is 0 Å². The lowest BCUT2D eigenvalue weighted by molar-refractivity contribution is 0.115. The van der Waals surface area contributed by atoms with E-state index in [1.807, 2.05) is 0 Å². The van der Waals surface area contributed by atoms with E-state index < -0.39 is 0 Å². The molecule has 14 aliphatic rings. The molecule has 2 saturated carbocycles. The standard InChI is InChI=1S/C13H24N2.C12H22N2.C12H24N2.C12H22N2.C11H22N2.C11H20N2.CH4/c1-11(2,3)15-9-12-5-6-14(4)8-13(12,7-12)10-15;1-10(2,3)14-8-11-5-12(11,9-14)7-13(4)6-11;2*1-12(2,3)14-8-10-5-6-13(4)7-11(10)9-14;2*1-11(2,3)13-7-9-5-12(4)6-10(9)8-13;/h5-10H2,1-4H3;5-9H2,1-4H3;10-11H,5-9H2,1-4H3;5-9H2,1-4H3;9-10H,5-8H2,1-4H3;5-8H2,1-4H3;1H4. The molecule has 0 aromatic carbocycles. The molecule has 0 spiro atoms. The number of likely N-dealkylation sites (N-methyl/N-ethyl adjacent to an activating group) is 2. The van der Waals surface area contributed by atoms with Crippen LogP contribution in [-0.4, -0.2) is 291 Å². The molecule has 0 bridgehead atoms. The third kappa shape index (κ3) is 15.3. The van der Waals surface area contributed by atoms with Crippen molar-refractivity contribution in [3.8, 4) is 0 Å². The molecule has 12 heteroatoms. The molecule has 2 aliphatic carbocycles. The van der Waals surface area contributed by atoms with Gasteiger partial charge in [-0.25, -0.2) is 0 Å². The Balaban J connectivity index is 0.000000131. The Morgan fingerprint density at radius 3 is 1.08 bits per heavy atom. The third-order valence-corrected chi connectivity index (χ3v) is 24.1. The van der Waals surface area contributed by atoms with Crippen LogP contribution in [0, 0.1) is 45.3 Å². The first kappa shape index (κ1) is 68.9. The second-order valence-electron chi connectivity index (χ2n) is 37.3. The Kier molecular flexibility index (Phi) is 20.1. The van der Waals surface area contributed by atoms with Gasteiger partial charge in [-0.15, -0.1) is 0 Å². The van der Waals surface area contributed by atoms with Crippen LogP contribution in [0.3, 0.4) is 0 Å². The minimum atomic E-state index is 0. The molecular formula is C72H138N12. The smallest absolute Gasteiger partial charge is 0.0217 e. The predicted octanol–water partition coefficient (Wildman–Crippen LogP) is 9.89. The average molecular weight is 1170 g/mol. The maximum absolute atomic E-state index is 2.72. The van der Waals surface area contributed by atoms with Gasteiger partial charge >= 0.3 is 0 Å². The normalized spacial score (nSPS) is 36.3. The summed E-state index contributed by atoms with van der Waals surface area (Å²) in [6, 6.07) is 0. The lowest BCUT2D eigenvalue weighted by Crippen LogP contribution is -2.44. The van der Waals surface area contributed by atoms with Gasteiger partial charge in [0.05, 0.1) is 0 Å². The number of piperidine rings is 5. The highest BCUT2D eigenvalue weighted by molar-refractivity contribution is 5.31. The number of nitrogens with zero attached hydrogens (tertiary/aromatic N) is 12. The monoisotopic (exact) mass is 1170 g/mol. The van der Waals surface area contributed by atoms with E-state index in [9.17, 15) is 0 Å². The van der Waals surface area contributed by atoms with Gasteiger partial charge in [0, 0.05) is 193 Å². The summed E-state index contributed by atoms with van der Waals surface area (Å²) in [7, 11) is 13.5. The third-order valence-electron chi connectivity index (χ3n) is 24.1. The Hall–Kier alpha value is -1.00. The Bertz CT molecular complexity index is 2230. The highest BCUT2D eigenvalue weighted by Gasteiger charge is 2.76. The maximum Gasteiger partial charge on any atom is 0.0217 e. The van der Waals surface area contributed by atoms with Crippen molar-refractivity contribution in [1.82, 2.24) is 58.8 Å². The summed E-state index contributed by atoms with van der Waals surface area (Å²) >= 11 is 0. The van der Waals surface area contributed by atoms with Crippen molar-refractivity contribution < 1.29 is 0 Å². The van der Waals surface area contributed by atoms with E-state index in [4.69, 9.17) is 0 Å². The van der Waals surface area contributed by atoms with Gasteiger partial charge in [-0.2, -0.15) is 0 Å². The summed E-state index contributed by atoms with van der Waals surface area (Å²) in [6.45, 7) is 73.0. The molecule has 12 nitrogen and oxygen atoms in total. The average Bonchev–Trinajstić information content (AvgIpc) is 1.52. The predicted molar refractivity (Wildman–Crippen MR) is 360 cm³/mol. The summed E-state index contributed by atoms with van der Waals surface area (Å²) in [5, 5.41) is 0. The van der Waals surface area contributed by atoms with Crippen LogP contribution in [-0.2, 0) is 0 Å². The number of likely N-dealkylation sites (tertiary alicyclic amines) is 8. The first-order valence-electron chi connectivity index (χ1n) is 34.1. The van der Waals surface area contributed by atoms with Gasteiger partial charge in [-0.1, -0.05) is 13.0 Å². The van der Waals surface area contributed by atoms with E-state index in [-0.39, 0.29) is 7.43 Å². The fraction of sp³-hybridized carbons (Fsp3) is 0.944. The number of fused-ring (bicyclic) bond motifs is 2. The van der Waals surface area contributed by atoms with E-state index >= 15 is 0 Å². The zero-order valence-electron chi connectivity index (χ0n) is 59.2. The molecule has 12 heterocycles. The highest BCUT2D eigenvalue weighted by Crippen LogP contribution is 2.73. The minimum absolute atomic E-state index is 0. The lowest BCUT2D eigenvalue weighted by atomic mass is 9.89. The van der Waals surface area contributed by atoms with E-state index in [0.29, 0.717) is 49.5 Å². The highest BCUT2D eigenvalue weighted by atomic mass is 15.3. The Morgan fingerprint density at radius 1 is 0.286 bits per heavy atom. The molecule has 0 aromatic heterocycles. The van der Waals surface area contributed by atoms with Crippen LogP contribution in [0.5, 0.6) is 0 Å². The van der Waals surface area contributed by atoms with Gasteiger partial charge < -0.3 is 24.5 Å². The Labute approximate surface area is 520 Å². The largest absolute Gasteiger partial charge is 0.306 e. The van der Waals surface area contributed by atoms with Crippen molar-refractivity contribution in [2.24, 2.45) is 45.3 Å². The fourth-order valence-corrected chi connectivity index (χ4v) is 18.2. The van der Waals surface area contributed by atoms with Crippen molar-refractivity contribution in [3.63, 3.8) is 0 Å². The van der Waals surface area contributed by atoms with Gasteiger partial charge in [-0.3, -0.25) is 34.3 Å². The van der Waals surface area contributed by atoms with Crippen LogP contribution in [0.15, 0.2) is 22.3 Å². The van der Waals surface area contributed by atoms with E-state index in [1.165, 1.54) is 189 Å². The zero-order valence-corrected chi connectivity index (χ0v) is 59.2. The topological polar surface area (TPSA) is 38.9 Å². The first-order valence-corrected chi connectivity index (χ1v) is 34.1. The molecule has 8 saturated heterocycles. The quantitative estimate of drug-likeness (QED) is 0.217. The fourth-order valence-electron chi connectivity index (χ4n) is 18.2. The zero-order chi connectivity index (χ0) is 61.1. The second kappa shape index (κ2) is 24.6. The maximum atomic E-state index is 2.72. The molecule has 84 heavy (non-hydrogen) atoms. The van der Waals surface area contributed by atoms with Gasteiger partial charge in [-0.05, 0) is 258 Å². The molecule has 486 valence electrons. The summed E-state index contributed by atoms with van der Waals surface area (Å²) in [5.41, 5.74) is 11.8. The number of rotatable bonds is 0. The Morgan fingerprint density at radius 2 is 0.631 bits per heavy atom. The number of hydrogen-bond acceptors (Lipinski definition) is 12. The molecule has 8 atom stereocenters. The second-order valence-corrected chi connectivity index (χ2v) is 37.3. The van der Waals surface area contributed by atoms with Crippen LogP contribution < -0.4 is 0 Å². The van der Waals surface area contributed by atoms with Gasteiger partial charge in [0.1, 0.15) is 0 Å². The van der Waals surface area contributed by atoms with Crippen molar-refractivity contribution in [2.75, 3.05) is 199 Å². The summed E-state index contributed by atoms with van der Waals surface area (Å²) in [5.74, 6) is 3.81. The van der Waals surface area contributed by atoms with Crippen molar-refractivity contribution >= 4 is 0 Å². The van der Waals surface area contributed by atoms with Crippen LogP contribution in [0.25, 0.3) is 0 Å². The molecular weight excluding hydrogens is 1030 g/mol. The van der Waals surface area contributed by atoms with E-state index in [0.717, 1.165) is 29.1 Å². The molecule has 0 aromatic rings. The van der Waals surface area contributed by atoms with Crippen molar-refractivity contribution in [3.05, 3.63) is 22.3 Å². The molecule has 10 fully saturated rings. The van der Waals surface area contributed by atoms with Crippen molar-refractivity contribution in [2.45, 2.75) is 197 Å². The van der Waals surface area contributed by atoms with Gasteiger partial charge in [0.25, 0.3) is 0 Å². The molecule has 12 aliphatic heterocycles. The SMILES string of the molecule is C.CN1CC23CN(C(C)(C)C)CC2(C1)C3.CN1CC2=C(C1)CN(C(C)(C)C)C2.CN1CC2CN(C(C)(C)C)CC2C1.CN1CCC23CN(C(C)(C)C)CC2(C1)C3.CN1CCC2=C(C1)CN(C(C)(C)C)C2.CN1CCC2CN(C(C)(C)C)CC2C1. The molecule has 0 N–H and O–H groups in total. The van der Waals surface area contributed by atoms with Crippen LogP contribution in [0.1, 0.15) is 164 Å². The van der Waals surface area contributed by atoms with E-state index in [1.54, 1.807) is 22.3 Å². The summed E-state index contributed by atoms with van der Waals surface area (Å²) in [4.78, 5) is 30.8. The van der Waals surface area contributed by atoms with Crippen LogP contribution >= 0.6 is 0 Å². The van der Waals surface area contributed by atoms with Crippen LogP contribution in [0.4, 0.5) is 0 Å². The summed E-state index contributed by atoms with van der Waals surface area (Å²) in [6.07, 6.45) is 7.16. The van der Waals surface area contributed by atoms with Crippen molar-refractivity contribution in [1.29, 1.82) is 0 Å². The molecule has 8 unspecified atom stereocenters. The lowest BCUT2D eigenvalue weighted by Gasteiger charge is -2.36. The van der Waals surface area contributed by atoms with Crippen LogP contribution in [0.2, 0.25) is 0 Å². The minimum Gasteiger partial charge on any atom is -0.306 e. The molecule has 14 rings (SSSR count). The van der Waals surface area contributed by atoms with E-state index in [2.05, 4.69) is 226 Å².